The highest BCUT2D eigenvalue weighted by Gasteiger charge is 2.17. The van der Waals surface area contributed by atoms with Gasteiger partial charge in [-0.2, -0.15) is 0 Å². The van der Waals surface area contributed by atoms with Crippen LogP contribution in [0.5, 0.6) is 0 Å². The summed E-state index contributed by atoms with van der Waals surface area (Å²) in [7, 11) is 4.30. The minimum absolute atomic E-state index is 0.545. The Kier molecular flexibility index (Phi) is 3.74. The number of hydrogen-bond donors (Lipinski definition) is 1. The van der Waals surface area contributed by atoms with Gasteiger partial charge in [-0.3, -0.25) is 4.98 Å². The third-order valence-electron chi connectivity index (χ3n) is 3.04. The zero-order valence-corrected chi connectivity index (χ0v) is 10.1. The molecule has 0 bridgehead atoms. The number of nitrogens with zero attached hydrogens (tertiary/aromatic N) is 3. The molecule has 1 saturated heterocycles. The second-order valence-electron chi connectivity index (χ2n) is 4.51. The molecule has 1 aromatic rings. The van der Waals surface area contributed by atoms with Crippen LogP contribution in [0.2, 0.25) is 0 Å². The van der Waals surface area contributed by atoms with Crippen LogP contribution in [0.15, 0.2) is 24.5 Å². The van der Waals surface area contributed by atoms with E-state index in [1.807, 2.05) is 18.5 Å². The quantitative estimate of drug-likeness (QED) is 0.800. The van der Waals surface area contributed by atoms with Gasteiger partial charge in [-0.05, 0) is 19.2 Å². The third-order valence-corrected chi connectivity index (χ3v) is 3.04. The van der Waals surface area contributed by atoms with E-state index in [1.54, 1.807) is 0 Å². The first-order chi connectivity index (χ1) is 7.75. The van der Waals surface area contributed by atoms with Gasteiger partial charge in [0.1, 0.15) is 0 Å². The van der Waals surface area contributed by atoms with Gasteiger partial charge in [-0.15, -0.1) is 0 Å². The molecule has 16 heavy (non-hydrogen) atoms. The number of rotatable bonds is 3. The Balaban J connectivity index is 1.89. The van der Waals surface area contributed by atoms with E-state index in [9.17, 15) is 0 Å². The van der Waals surface area contributed by atoms with E-state index in [1.165, 1.54) is 5.69 Å². The molecule has 1 atom stereocenters. The number of pyridine rings is 1. The van der Waals surface area contributed by atoms with Crippen molar-refractivity contribution in [1.82, 2.24) is 15.2 Å². The van der Waals surface area contributed by atoms with Gasteiger partial charge >= 0.3 is 0 Å². The normalized spacial score (nSPS) is 22.0. The summed E-state index contributed by atoms with van der Waals surface area (Å²) in [6.07, 6.45) is 3.72. The standard InChI is InChI=1S/C12H20N4/c1-15-7-6-14-11(9-15)10-16(2)12-4-3-5-13-8-12/h3-5,8,11,14H,6-7,9-10H2,1-2H3. The fraction of sp³-hybridized carbons (Fsp3) is 0.583. The lowest BCUT2D eigenvalue weighted by Crippen LogP contribution is -2.53. The monoisotopic (exact) mass is 220 g/mol. The van der Waals surface area contributed by atoms with E-state index in [0.717, 1.165) is 26.2 Å². The Labute approximate surface area is 97.3 Å². The van der Waals surface area contributed by atoms with Gasteiger partial charge < -0.3 is 15.1 Å². The Morgan fingerprint density at radius 2 is 2.50 bits per heavy atom. The molecule has 4 nitrogen and oxygen atoms in total. The van der Waals surface area contributed by atoms with Crippen LogP contribution in [0.25, 0.3) is 0 Å². The van der Waals surface area contributed by atoms with Crippen molar-refractivity contribution in [3.63, 3.8) is 0 Å². The number of anilines is 1. The highest BCUT2D eigenvalue weighted by Crippen LogP contribution is 2.10. The zero-order chi connectivity index (χ0) is 11.4. The SMILES string of the molecule is CN1CCNC(CN(C)c2cccnc2)C1. The fourth-order valence-corrected chi connectivity index (χ4v) is 2.13. The van der Waals surface area contributed by atoms with Crippen LogP contribution in [0, 0.1) is 0 Å². The molecule has 0 amide bonds. The summed E-state index contributed by atoms with van der Waals surface area (Å²) in [5.74, 6) is 0. The molecule has 0 saturated carbocycles. The van der Waals surface area contributed by atoms with Crippen molar-refractivity contribution in [3.8, 4) is 0 Å². The van der Waals surface area contributed by atoms with Crippen molar-refractivity contribution in [2.45, 2.75) is 6.04 Å². The van der Waals surface area contributed by atoms with Gasteiger partial charge in [0.2, 0.25) is 0 Å². The van der Waals surface area contributed by atoms with Crippen molar-refractivity contribution in [2.75, 3.05) is 45.2 Å². The summed E-state index contributed by atoms with van der Waals surface area (Å²) in [5.41, 5.74) is 1.18. The van der Waals surface area contributed by atoms with Crippen molar-refractivity contribution in [2.24, 2.45) is 0 Å². The summed E-state index contributed by atoms with van der Waals surface area (Å²) >= 11 is 0. The molecule has 0 spiro atoms. The summed E-state index contributed by atoms with van der Waals surface area (Å²) in [5, 5.41) is 3.55. The first-order valence-electron chi connectivity index (χ1n) is 5.79. The highest BCUT2D eigenvalue weighted by atomic mass is 15.2. The summed E-state index contributed by atoms with van der Waals surface area (Å²) in [6.45, 7) is 4.37. The van der Waals surface area contributed by atoms with E-state index < -0.39 is 0 Å². The average molecular weight is 220 g/mol. The number of likely N-dealkylation sites (N-methyl/N-ethyl adjacent to an activating group) is 2. The smallest absolute Gasteiger partial charge is 0.0550 e. The van der Waals surface area contributed by atoms with Crippen molar-refractivity contribution in [1.29, 1.82) is 0 Å². The van der Waals surface area contributed by atoms with Gasteiger partial charge in [-0.25, -0.2) is 0 Å². The largest absolute Gasteiger partial charge is 0.372 e. The summed E-state index contributed by atoms with van der Waals surface area (Å²) in [4.78, 5) is 8.77. The average Bonchev–Trinajstić information content (AvgIpc) is 2.30. The molecule has 1 aromatic heterocycles. The molecule has 1 aliphatic heterocycles. The predicted molar refractivity (Wildman–Crippen MR) is 66.8 cm³/mol. The molecule has 1 fully saturated rings. The Morgan fingerprint density at radius 1 is 1.62 bits per heavy atom. The number of piperazine rings is 1. The first kappa shape index (κ1) is 11.4. The van der Waals surface area contributed by atoms with Crippen molar-refractivity contribution >= 4 is 5.69 Å². The Bertz CT molecular complexity index is 314. The minimum atomic E-state index is 0.545. The highest BCUT2D eigenvalue weighted by molar-refractivity contribution is 5.42. The predicted octanol–water partition coefficient (Wildman–Crippen LogP) is 0.421. The van der Waals surface area contributed by atoms with Gasteiger partial charge in [0.05, 0.1) is 11.9 Å². The lowest BCUT2D eigenvalue weighted by Gasteiger charge is -2.34. The van der Waals surface area contributed by atoms with E-state index in [4.69, 9.17) is 0 Å². The molecular formula is C12H20N4. The summed E-state index contributed by atoms with van der Waals surface area (Å²) < 4.78 is 0. The molecule has 2 heterocycles. The Hall–Kier alpha value is -1.13. The molecule has 1 unspecified atom stereocenters. The van der Waals surface area contributed by atoms with Crippen LogP contribution in [0.1, 0.15) is 0 Å². The lowest BCUT2D eigenvalue weighted by molar-refractivity contribution is 0.241. The maximum Gasteiger partial charge on any atom is 0.0550 e. The molecular weight excluding hydrogens is 200 g/mol. The number of hydrogen-bond acceptors (Lipinski definition) is 4. The zero-order valence-electron chi connectivity index (χ0n) is 10.1. The minimum Gasteiger partial charge on any atom is -0.372 e. The Morgan fingerprint density at radius 3 is 3.19 bits per heavy atom. The maximum absolute atomic E-state index is 4.14. The van der Waals surface area contributed by atoms with Crippen LogP contribution >= 0.6 is 0 Å². The second-order valence-corrected chi connectivity index (χ2v) is 4.51. The van der Waals surface area contributed by atoms with E-state index in [-0.39, 0.29) is 0 Å². The van der Waals surface area contributed by atoms with Gasteiger partial charge in [0.15, 0.2) is 0 Å². The topological polar surface area (TPSA) is 31.4 Å². The molecule has 88 valence electrons. The fourth-order valence-electron chi connectivity index (χ4n) is 2.13. The molecule has 1 N–H and O–H groups in total. The maximum atomic E-state index is 4.14. The molecule has 2 rings (SSSR count). The second kappa shape index (κ2) is 5.27. The number of nitrogens with one attached hydrogen (secondary N) is 1. The van der Waals surface area contributed by atoms with E-state index in [0.29, 0.717) is 6.04 Å². The van der Waals surface area contributed by atoms with Gasteiger partial charge in [0, 0.05) is 45.5 Å². The van der Waals surface area contributed by atoms with Crippen LogP contribution < -0.4 is 10.2 Å². The van der Waals surface area contributed by atoms with Crippen LogP contribution in [0.3, 0.4) is 0 Å². The van der Waals surface area contributed by atoms with Gasteiger partial charge in [-0.1, -0.05) is 0 Å². The van der Waals surface area contributed by atoms with Crippen LogP contribution in [0.4, 0.5) is 5.69 Å². The molecule has 0 aliphatic carbocycles. The summed E-state index contributed by atoms with van der Waals surface area (Å²) in [6, 6.07) is 4.62. The van der Waals surface area contributed by atoms with Crippen LogP contribution in [-0.2, 0) is 0 Å². The molecule has 0 radical (unpaired) electrons. The van der Waals surface area contributed by atoms with Gasteiger partial charge in [0.25, 0.3) is 0 Å². The van der Waals surface area contributed by atoms with Crippen molar-refractivity contribution in [3.05, 3.63) is 24.5 Å². The van der Waals surface area contributed by atoms with Crippen LogP contribution in [-0.4, -0.2) is 56.2 Å². The molecule has 0 aromatic carbocycles. The molecule has 1 aliphatic rings. The third kappa shape index (κ3) is 2.93. The van der Waals surface area contributed by atoms with Crippen molar-refractivity contribution < 1.29 is 0 Å². The molecule has 4 heteroatoms. The van der Waals surface area contributed by atoms with E-state index >= 15 is 0 Å². The van der Waals surface area contributed by atoms with E-state index in [2.05, 4.69) is 40.3 Å². The number of aromatic nitrogens is 1. The first-order valence-corrected chi connectivity index (χ1v) is 5.79. The lowest BCUT2D eigenvalue weighted by atomic mass is 10.2.